The molecule has 0 bridgehead atoms. The van der Waals surface area contributed by atoms with E-state index < -0.39 is 43.7 Å². The molecule has 0 spiro atoms. The Morgan fingerprint density at radius 2 is 1.95 bits per heavy atom. The van der Waals surface area contributed by atoms with Crippen molar-refractivity contribution in [2.45, 2.75) is 37.1 Å². The summed E-state index contributed by atoms with van der Waals surface area (Å²) < 4.78 is 46.6. The zero-order chi connectivity index (χ0) is 27.6. The summed E-state index contributed by atoms with van der Waals surface area (Å²) >= 11 is 6.23. The maximum Gasteiger partial charge on any atom is 0.356 e. The van der Waals surface area contributed by atoms with E-state index in [-0.39, 0.29) is 41.7 Å². The second kappa shape index (κ2) is 11.4. The minimum atomic E-state index is -4.63. The molecule has 2 unspecified atom stereocenters. The summed E-state index contributed by atoms with van der Waals surface area (Å²) in [6, 6.07) is 9.35. The van der Waals surface area contributed by atoms with Crippen LogP contribution >= 0.6 is 19.2 Å². The van der Waals surface area contributed by atoms with E-state index in [4.69, 9.17) is 16.3 Å². The SMILES string of the molecule is COc1cc(CC(=O)N2C[C@H](F)C[C@H]2C(=O)NC2=CC=CC(c3ccccc3Cl)C2F)cc(P(=O)(O)O)c1. The fourth-order valence-electron chi connectivity index (χ4n) is 4.62. The van der Waals surface area contributed by atoms with Crippen molar-refractivity contribution in [1.82, 2.24) is 10.2 Å². The Morgan fingerprint density at radius 3 is 2.63 bits per heavy atom. The van der Waals surface area contributed by atoms with E-state index >= 15 is 4.39 Å². The van der Waals surface area contributed by atoms with Crippen LogP contribution in [0.5, 0.6) is 5.75 Å². The molecule has 38 heavy (non-hydrogen) atoms. The number of benzene rings is 2. The average molecular weight is 567 g/mol. The van der Waals surface area contributed by atoms with Gasteiger partial charge in [-0.2, -0.15) is 0 Å². The quantitative estimate of drug-likeness (QED) is 0.443. The second-order valence-corrected chi connectivity index (χ2v) is 11.1. The first-order valence-electron chi connectivity index (χ1n) is 11.7. The van der Waals surface area contributed by atoms with Crippen molar-refractivity contribution in [3.8, 4) is 5.75 Å². The lowest BCUT2D eigenvalue weighted by atomic mass is 9.89. The van der Waals surface area contributed by atoms with Crippen molar-refractivity contribution < 1.29 is 37.5 Å². The molecule has 12 heteroatoms. The molecule has 2 aliphatic rings. The highest BCUT2D eigenvalue weighted by molar-refractivity contribution is 7.60. The number of allylic oxidation sites excluding steroid dienone is 4. The van der Waals surface area contributed by atoms with Gasteiger partial charge in [-0.25, -0.2) is 8.78 Å². The van der Waals surface area contributed by atoms with Crippen molar-refractivity contribution in [3.63, 3.8) is 0 Å². The van der Waals surface area contributed by atoms with Crippen LogP contribution < -0.4 is 15.4 Å². The van der Waals surface area contributed by atoms with Crippen molar-refractivity contribution in [1.29, 1.82) is 0 Å². The average Bonchev–Trinajstić information content (AvgIpc) is 3.27. The van der Waals surface area contributed by atoms with Crippen LogP contribution in [0.15, 0.2) is 66.4 Å². The van der Waals surface area contributed by atoms with Gasteiger partial charge in [-0.15, -0.1) is 0 Å². The summed E-state index contributed by atoms with van der Waals surface area (Å²) in [5.41, 5.74) is 0.740. The van der Waals surface area contributed by atoms with Gasteiger partial charge >= 0.3 is 7.60 Å². The maximum absolute atomic E-state index is 15.4. The first kappa shape index (κ1) is 28.0. The van der Waals surface area contributed by atoms with E-state index in [0.717, 1.165) is 11.0 Å². The number of alkyl halides is 2. The van der Waals surface area contributed by atoms with Crippen molar-refractivity contribution >= 4 is 36.3 Å². The predicted octanol–water partition coefficient (Wildman–Crippen LogP) is 3.32. The molecule has 0 aromatic heterocycles. The number of amides is 2. The van der Waals surface area contributed by atoms with Crippen molar-refractivity contribution in [2.24, 2.45) is 0 Å². The lowest BCUT2D eigenvalue weighted by Crippen LogP contribution is -2.47. The minimum absolute atomic E-state index is 0.0313. The van der Waals surface area contributed by atoms with Gasteiger partial charge in [0.25, 0.3) is 0 Å². The third-order valence-corrected chi connectivity index (χ3v) is 7.77. The number of carbonyl (C=O) groups excluding carboxylic acids is 2. The standard InChI is InChI=1S/C26H26ClF2N2O6P/c1-37-17-9-15(10-18(13-17)38(34,35)36)11-24(32)31-14-16(28)12-23(31)26(33)30-22-8-4-6-20(25(22)29)19-5-2-3-7-21(19)27/h2-10,13,16,20,23,25H,11-12,14H2,1H3,(H,30,33)(H2,34,35,36)/t16-,20?,23+,25?/m1/s1. The topological polar surface area (TPSA) is 116 Å². The van der Waals surface area contributed by atoms with Gasteiger partial charge in [-0.3, -0.25) is 14.2 Å². The number of carbonyl (C=O) groups is 2. The zero-order valence-corrected chi connectivity index (χ0v) is 21.9. The summed E-state index contributed by atoms with van der Waals surface area (Å²) in [7, 11) is -3.33. The van der Waals surface area contributed by atoms with Crippen LogP contribution in [-0.2, 0) is 20.6 Å². The molecule has 1 aliphatic heterocycles. The fraction of sp³-hybridized carbons (Fsp3) is 0.308. The van der Waals surface area contributed by atoms with Crippen molar-refractivity contribution in [2.75, 3.05) is 13.7 Å². The lowest BCUT2D eigenvalue weighted by Gasteiger charge is -2.28. The number of likely N-dealkylation sites (tertiary alicyclic amines) is 1. The Morgan fingerprint density at radius 1 is 1.21 bits per heavy atom. The molecular formula is C26H26ClF2N2O6P. The van der Waals surface area contributed by atoms with E-state index in [1.165, 1.54) is 25.3 Å². The maximum atomic E-state index is 15.4. The number of hydrogen-bond donors (Lipinski definition) is 3. The Hall–Kier alpha value is -3.04. The van der Waals surface area contributed by atoms with E-state index in [1.807, 2.05) is 0 Å². The summed E-state index contributed by atoms with van der Waals surface area (Å²) in [5.74, 6) is -1.97. The first-order valence-corrected chi connectivity index (χ1v) is 13.7. The van der Waals surface area contributed by atoms with Gasteiger partial charge in [0.05, 0.1) is 31.1 Å². The molecule has 8 nitrogen and oxygen atoms in total. The van der Waals surface area contributed by atoms with Gasteiger partial charge in [-0.05, 0) is 41.5 Å². The molecule has 1 saturated heterocycles. The van der Waals surface area contributed by atoms with Gasteiger partial charge in [0.1, 0.15) is 18.0 Å². The first-order chi connectivity index (χ1) is 18.0. The lowest BCUT2D eigenvalue weighted by molar-refractivity contribution is -0.137. The number of nitrogens with zero attached hydrogens (tertiary/aromatic N) is 1. The van der Waals surface area contributed by atoms with Crippen LogP contribution in [0.4, 0.5) is 8.78 Å². The van der Waals surface area contributed by atoms with Crippen LogP contribution in [0.3, 0.4) is 0 Å². The second-order valence-electron chi connectivity index (χ2n) is 9.10. The summed E-state index contributed by atoms with van der Waals surface area (Å²) in [6.45, 7) is -0.341. The molecule has 4 atom stereocenters. The smallest absolute Gasteiger partial charge is 0.356 e. The molecule has 1 heterocycles. The van der Waals surface area contributed by atoms with E-state index in [9.17, 15) is 28.3 Å². The van der Waals surface area contributed by atoms with E-state index in [0.29, 0.717) is 10.6 Å². The Kier molecular flexibility index (Phi) is 8.37. The van der Waals surface area contributed by atoms with Gasteiger partial charge in [0.15, 0.2) is 6.17 Å². The highest BCUT2D eigenvalue weighted by atomic mass is 35.5. The van der Waals surface area contributed by atoms with E-state index in [2.05, 4.69) is 5.32 Å². The summed E-state index contributed by atoms with van der Waals surface area (Å²) in [6.07, 6.45) is 0.913. The molecule has 2 amide bonds. The van der Waals surface area contributed by atoms with Gasteiger partial charge in [-0.1, -0.05) is 42.0 Å². The summed E-state index contributed by atoms with van der Waals surface area (Å²) in [4.78, 5) is 46.3. The molecule has 0 saturated carbocycles. The van der Waals surface area contributed by atoms with Gasteiger partial charge in [0, 0.05) is 17.4 Å². The molecule has 4 rings (SSSR count). The Balaban J connectivity index is 1.49. The zero-order valence-electron chi connectivity index (χ0n) is 20.3. The third kappa shape index (κ3) is 6.15. The normalized spacial score (nSPS) is 23.2. The molecular weight excluding hydrogens is 541 g/mol. The number of hydrogen-bond acceptors (Lipinski definition) is 4. The van der Waals surface area contributed by atoms with Crippen molar-refractivity contribution in [3.05, 3.63) is 82.5 Å². The molecule has 1 fully saturated rings. The number of halogens is 3. The number of rotatable bonds is 7. The van der Waals surface area contributed by atoms with Gasteiger partial charge < -0.3 is 24.7 Å². The Labute approximate surface area is 223 Å². The van der Waals surface area contributed by atoms with Crippen LogP contribution in [-0.4, -0.2) is 58.5 Å². The van der Waals surface area contributed by atoms with Crippen LogP contribution in [0, 0.1) is 0 Å². The largest absolute Gasteiger partial charge is 0.497 e. The summed E-state index contributed by atoms with van der Waals surface area (Å²) in [5, 5.41) is 2.56. The van der Waals surface area contributed by atoms with Crippen LogP contribution in [0.25, 0.3) is 0 Å². The highest BCUT2D eigenvalue weighted by Gasteiger charge is 2.41. The highest BCUT2D eigenvalue weighted by Crippen LogP contribution is 2.36. The monoisotopic (exact) mass is 566 g/mol. The minimum Gasteiger partial charge on any atom is -0.497 e. The van der Waals surface area contributed by atoms with Crippen LogP contribution in [0.2, 0.25) is 5.02 Å². The molecule has 2 aromatic carbocycles. The van der Waals surface area contributed by atoms with E-state index in [1.54, 1.807) is 36.4 Å². The molecule has 0 radical (unpaired) electrons. The number of methoxy groups -OCH3 is 1. The van der Waals surface area contributed by atoms with Crippen LogP contribution in [0.1, 0.15) is 23.5 Å². The van der Waals surface area contributed by atoms with Gasteiger partial charge in [0.2, 0.25) is 11.8 Å². The number of nitrogens with one attached hydrogen (secondary N) is 1. The molecule has 202 valence electrons. The Bertz CT molecular complexity index is 1350. The molecule has 2 aromatic rings. The molecule has 1 aliphatic carbocycles. The fourth-order valence-corrected chi connectivity index (χ4v) is 5.51. The molecule has 3 N–H and O–H groups in total. The third-order valence-electron chi connectivity index (χ3n) is 6.49. The number of ether oxygens (including phenoxy) is 1. The predicted molar refractivity (Wildman–Crippen MR) is 138 cm³/mol.